The van der Waals surface area contributed by atoms with E-state index < -0.39 is 6.10 Å². The van der Waals surface area contributed by atoms with Gasteiger partial charge in [-0.2, -0.15) is 0 Å². The van der Waals surface area contributed by atoms with Crippen LogP contribution in [0.5, 0.6) is 5.75 Å². The molecule has 1 heterocycles. The van der Waals surface area contributed by atoms with Crippen molar-refractivity contribution >= 4 is 5.78 Å². The van der Waals surface area contributed by atoms with Gasteiger partial charge in [0.2, 0.25) is 0 Å². The minimum atomic E-state index is -0.471. The van der Waals surface area contributed by atoms with Gasteiger partial charge in [-0.1, -0.05) is 0 Å². The molecule has 0 aliphatic carbocycles. The van der Waals surface area contributed by atoms with Gasteiger partial charge in [-0.05, 0) is 64.0 Å². The van der Waals surface area contributed by atoms with E-state index in [-0.39, 0.29) is 17.8 Å². The molecule has 2 rings (SSSR count). The lowest BCUT2D eigenvalue weighted by molar-refractivity contribution is -0.0120. The summed E-state index contributed by atoms with van der Waals surface area (Å²) in [5, 5.41) is 10.0. The largest absolute Gasteiger partial charge is 0.497 e. The summed E-state index contributed by atoms with van der Waals surface area (Å²) in [6, 6.07) is 7.32. The summed E-state index contributed by atoms with van der Waals surface area (Å²) in [5.41, 5.74) is 0.750. The fraction of sp³-hybridized carbons (Fsp3) is 0.632. The highest BCUT2D eigenvalue weighted by molar-refractivity contribution is 5.98. The minimum absolute atomic E-state index is 0.0682. The highest BCUT2D eigenvalue weighted by Crippen LogP contribution is 2.23. The first-order valence-corrected chi connectivity index (χ1v) is 8.70. The first kappa shape index (κ1) is 18.9. The van der Waals surface area contributed by atoms with Crippen molar-refractivity contribution in [3.8, 4) is 5.75 Å². The number of piperidine rings is 1. The monoisotopic (exact) mass is 335 g/mol. The summed E-state index contributed by atoms with van der Waals surface area (Å²) < 4.78 is 10.6. The molecule has 0 aromatic heterocycles. The number of benzene rings is 1. The summed E-state index contributed by atoms with van der Waals surface area (Å²) >= 11 is 0. The molecule has 0 amide bonds. The van der Waals surface area contributed by atoms with Crippen LogP contribution in [0, 0.1) is 5.92 Å². The molecule has 1 fully saturated rings. The third kappa shape index (κ3) is 5.58. The SMILES string of the molecule is COc1ccc(C(=O)C2CCN(CC(O)COC(C)C)CC2)cc1. The van der Waals surface area contributed by atoms with Crippen molar-refractivity contribution in [1.82, 2.24) is 4.90 Å². The van der Waals surface area contributed by atoms with Gasteiger partial charge in [-0.15, -0.1) is 0 Å². The van der Waals surface area contributed by atoms with Crippen molar-refractivity contribution < 1.29 is 19.4 Å². The number of aliphatic hydroxyl groups is 1. The third-order valence-electron chi connectivity index (χ3n) is 4.42. The van der Waals surface area contributed by atoms with Gasteiger partial charge in [-0.3, -0.25) is 4.79 Å². The number of hydrogen-bond acceptors (Lipinski definition) is 5. The van der Waals surface area contributed by atoms with Gasteiger partial charge in [-0.25, -0.2) is 0 Å². The third-order valence-corrected chi connectivity index (χ3v) is 4.42. The molecule has 5 heteroatoms. The van der Waals surface area contributed by atoms with Crippen LogP contribution in [0.2, 0.25) is 0 Å². The average Bonchev–Trinajstić information content (AvgIpc) is 2.60. The van der Waals surface area contributed by atoms with Crippen molar-refractivity contribution in [3.63, 3.8) is 0 Å². The van der Waals surface area contributed by atoms with E-state index in [0.29, 0.717) is 13.2 Å². The van der Waals surface area contributed by atoms with E-state index in [1.165, 1.54) is 0 Å². The Morgan fingerprint density at radius 3 is 2.42 bits per heavy atom. The van der Waals surface area contributed by atoms with E-state index in [9.17, 15) is 9.90 Å². The number of hydrogen-bond donors (Lipinski definition) is 1. The van der Waals surface area contributed by atoms with Crippen LogP contribution in [0.15, 0.2) is 24.3 Å². The molecule has 0 radical (unpaired) electrons. The number of Topliss-reactive ketones (excluding diaryl/α,β-unsaturated/α-hetero) is 1. The van der Waals surface area contributed by atoms with Crippen molar-refractivity contribution in [2.75, 3.05) is 33.4 Å². The molecule has 1 N–H and O–H groups in total. The second-order valence-electron chi connectivity index (χ2n) is 6.70. The number of ketones is 1. The molecular formula is C19H29NO4. The van der Waals surface area contributed by atoms with Gasteiger partial charge < -0.3 is 19.5 Å². The molecule has 1 unspecified atom stereocenters. The molecule has 134 valence electrons. The first-order chi connectivity index (χ1) is 11.5. The van der Waals surface area contributed by atoms with Crippen LogP contribution >= 0.6 is 0 Å². The lowest BCUT2D eigenvalue weighted by Crippen LogP contribution is -2.41. The number of ether oxygens (including phenoxy) is 2. The zero-order valence-corrected chi connectivity index (χ0v) is 14.9. The lowest BCUT2D eigenvalue weighted by Gasteiger charge is -2.32. The Labute approximate surface area is 144 Å². The molecule has 1 aromatic carbocycles. The Kier molecular flexibility index (Phi) is 7.21. The number of aliphatic hydroxyl groups excluding tert-OH is 1. The van der Waals surface area contributed by atoms with Gasteiger partial charge >= 0.3 is 0 Å². The molecule has 1 saturated heterocycles. The highest BCUT2D eigenvalue weighted by Gasteiger charge is 2.26. The molecule has 1 aliphatic heterocycles. The molecule has 24 heavy (non-hydrogen) atoms. The van der Waals surface area contributed by atoms with Gasteiger partial charge in [0.15, 0.2) is 5.78 Å². The maximum absolute atomic E-state index is 12.6. The fourth-order valence-corrected chi connectivity index (χ4v) is 3.02. The number of carbonyl (C=O) groups excluding carboxylic acids is 1. The molecule has 1 aromatic rings. The predicted octanol–water partition coefficient (Wildman–Crippen LogP) is 2.38. The van der Waals surface area contributed by atoms with Crippen LogP contribution < -0.4 is 4.74 Å². The summed E-state index contributed by atoms with van der Waals surface area (Å²) in [5.74, 6) is 1.04. The van der Waals surface area contributed by atoms with Crippen molar-refractivity contribution in [2.24, 2.45) is 5.92 Å². The normalized spacial score (nSPS) is 17.9. The average molecular weight is 335 g/mol. The van der Waals surface area contributed by atoms with Gasteiger partial charge in [0.05, 0.1) is 25.9 Å². The Morgan fingerprint density at radius 1 is 1.25 bits per heavy atom. The van der Waals surface area contributed by atoms with Crippen molar-refractivity contribution in [3.05, 3.63) is 29.8 Å². The summed E-state index contributed by atoms with van der Waals surface area (Å²) in [6.45, 7) is 6.57. The zero-order chi connectivity index (χ0) is 17.5. The Bertz CT molecular complexity index is 507. The maximum atomic E-state index is 12.6. The number of rotatable bonds is 8. The zero-order valence-electron chi connectivity index (χ0n) is 14.9. The minimum Gasteiger partial charge on any atom is -0.497 e. The molecule has 5 nitrogen and oxygen atoms in total. The van der Waals surface area contributed by atoms with E-state index in [1.54, 1.807) is 7.11 Å². The molecule has 1 atom stereocenters. The lowest BCUT2D eigenvalue weighted by atomic mass is 9.89. The van der Waals surface area contributed by atoms with E-state index in [4.69, 9.17) is 9.47 Å². The maximum Gasteiger partial charge on any atom is 0.166 e. The number of nitrogens with zero attached hydrogens (tertiary/aromatic N) is 1. The number of β-amino-alcohol motifs (C(OH)–C–C–N with tert-alkyl or cyclic N) is 1. The van der Waals surface area contributed by atoms with Crippen LogP contribution in [0.4, 0.5) is 0 Å². The second kappa shape index (κ2) is 9.16. The summed E-state index contributed by atoms with van der Waals surface area (Å²) in [6.07, 6.45) is 1.33. The van der Waals surface area contributed by atoms with Crippen LogP contribution in [-0.4, -0.2) is 61.3 Å². The fourth-order valence-electron chi connectivity index (χ4n) is 3.02. The molecule has 1 aliphatic rings. The van der Waals surface area contributed by atoms with E-state index in [2.05, 4.69) is 4.90 Å². The quantitative estimate of drug-likeness (QED) is 0.739. The topological polar surface area (TPSA) is 59.0 Å². The first-order valence-electron chi connectivity index (χ1n) is 8.70. The van der Waals surface area contributed by atoms with Gasteiger partial charge in [0.1, 0.15) is 5.75 Å². The second-order valence-corrected chi connectivity index (χ2v) is 6.70. The Morgan fingerprint density at radius 2 is 1.88 bits per heavy atom. The van der Waals surface area contributed by atoms with E-state index in [0.717, 1.165) is 37.2 Å². The van der Waals surface area contributed by atoms with Gasteiger partial charge in [0, 0.05) is 18.0 Å². The molecule has 0 bridgehead atoms. The van der Waals surface area contributed by atoms with Gasteiger partial charge in [0.25, 0.3) is 0 Å². The molecular weight excluding hydrogens is 306 g/mol. The predicted molar refractivity (Wildman–Crippen MR) is 93.6 cm³/mol. The van der Waals surface area contributed by atoms with Crippen molar-refractivity contribution in [2.45, 2.75) is 38.9 Å². The standard InChI is InChI=1S/C19H29NO4/c1-14(2)24-13-17(21)12-20-10-8-16(9-11-20)19(22)15-4-6-18(23-3)7-5-15/h4-7,14,16-17,21H,8-13H2,1-3H3. The number of carbonyl (C=O) groups is 1. The Hall–Kier alpha value is -1.43. The number of likely N-dealkylation sites (tertiary alicyclic amines) is 1. The van der Waals surface area contributed by atoms with Crippen LogP contribution in [0.3, 0.4) is 0 Å². The van der Waals surface area contributed by atoms with E-state index >= 15 is 0 Å². The van der Waals surface area contributed by atoms with Crippen LogP contribution in [-0.2, 0) is 4.74 Å². The van der Waals surface area contributed by atoms with Crippen LogP contribution in [0.1, 0.15) is 37.0 Å². The summed E-state index contributed by atoms with van der Waals surface area (Å²) in [7, 11) is 1.62. The number of methoxy groups -OCH3 is 1. The summed E-state index contributed by atoms with van der Waals surface area (Å²) in [4.78, 5) is 14.8. The highest BCUT2D eigenvalue weighted by atomic mass is 16.5. The van der Waals surface area contributed by atoms with Crippen molar-refractivity contribution in [1.29, 1.82) is 0 Å². The molecule has 0 saturated carbocycles. The van der Waals surface area contributed by atoms with Crippen LogP contribution in [0.25, 0.3) is 0 Å². The smallest absolute Gasteiger partial charge is 0.166 e. The Balaban J connectivity index is 1.78. The van der Waals surface area contributed by atoms with E-state index in [1.807, 2.05) is 38.1 Å². The molecule has 0 spiro atoms.